The molecule has 4 rings (SSSR count). The standard InChI is InChI=1S/C10H10N4/c1-7-8-5-12-3-2-4-13-6-14(11-7)9(8)10(12)13/h2-4H,5-6H2,1H3/q+2. The third-order valence-electron chi connectivity index (χ3n) is 3.15. The third-order valence-corrected chi connectivity index (χ3v) is 3.15. The van der Waals surface area contributed by atoms with Crippen LogP contribution in [0.1, 0.15) is 11.3 Å². The van der Waals surface area contributed by atoms with Gasteiger partial charge in [-0.1, -0.05) is 0 Å². The number of aromatic nitrogens is 4. The van der Waals surface area contributed by atoms with Gasteiger partial charge < -0.3 is 0 Å². The van der Waals surface area contributed by atoms with Crippen molar-refractivity contribution < 1.29 is 9.13 Å². The summed E-state index contributed by atoms with van der Waals surface area (Å²) in [6.45, 7) is 3.95. The van der Waals surface area contributed by atoms with Gasteiger partial charge in [-0.3, -0.25) is 0 Å². The Labute approximate surface area is 81.0 Å². The molecule has 4 heteroatoms. The normalized spacial score (nSPS) is 14.9. The highest BCUT2D eigenvalue weighted by Crippen LogP contribution is 2.28. The molecule has 0 aliphatic carbocycles. The van der Waals surface area contributed by atoms with Crippen molar-refractivity contribution >= 4 is 0 Å². The Balaban J connectivity index is 2.21. The van der Waals surface area contributed by atoms with Crippen LogP contribution in [0.3, 0.4) is 0 Å². The van der Waals surface area contributed by atoms with Gasteiger partial charge >= 0.3 is 5.82 Å². The number of aryl methyl sites for hydroxylation is 1. The summed E-state index contributed by atoms with van der Waals surface area (Å²) >= 11 is 0. The Bertz CT molecular complexity index is 568. The molecule has 4 nitrogen and oxygen atoms in total. The third kappa shape index (κ3) is 0.547. The van der Waals surface area contributed by atoms with Gasteiger partial charge in [-0.15, -0.1) is 9.13 Å². The van der Waals surface area contributed by atoms with Gasteiger partial charge in [0.2, 0.25) is 12.4 Å². The van der Waals surface area contributed by atoms with Crippen molar-refractivity contribution in [3.8, 4) is 11.5 Å². The maximum Gasteiger partial charge on any atom is 0.472 e. The molecule has 0 radical (unpaired) electrons. The molecule has 2 aliphatic rings. The van der Waals surface area contributed by atoms with Crippen LogP contribution in [0.5, 0.6) is 0 Å². The molecule has 0 unspecified atom stereocenters. The fourth-order valence-electron chi connectivity index (χ4n) is 2.54. The molecule has 0 saturated heterocycles. The van der Waals surface area contributed by atoms with Crippen LogP contribution in [0.15, 0.2) is 18.5 Å². The minimum Gasteiger partial charge on any atom is -0.190 e. The van der Waals surface area contributed by atoms with Crippen LogP contribution in [0.25, 0.3) is 11.5 Å². The van der Waals surface area contributed by atoms with Crippen LogP contribution < -0.4 is 9.13 Å². The van der Waals surface area contributed by atoms with Crippen LogP contribution in [-0.2, 0) is 13.2 Å². The van der Waals surface area contributed by atoms with Gasteiger partial charge in [0, 0.05) is 0 Å². The molecular formula is C10H10N4+2. The lowest BCUT2D eigenvalue weighted by Crippen LogP contribution is -2.45. The lowest BCUT2D eigenvalue weighted by molar-refractivity contribution is -0.796. The van der Waals surface area contributed by atoms with E-state index in [1.54, 1.807) is 0 Å². The minimum atomic E-state index is 0.867. The van der Waals surface area contributed by atoms with E-state index in [2.05, 4.69) is 44.3 Å². The zero-order valence-electron chi connectivity index (χ0n) is 7.94. The van der Waals surface area contributed by atoms with E-state index in [0.717, 1.165) is 13.2 Å². The molecule has 4 heterocycles. The van der Waals surface area contributed by atoms with Crippen LogP contribution in [0.4, 0.5) is 0 Å². The predicted octanol–water partition coefficient (Wildman–Crippen LogP) is -0.386. The zero-order valence-corrected chi connectivity index (χ0v) is 7.94. The quantitative estimate of drug-likeness (QED) is 0.343. The Morgan fingerprint density at radius 3 is 3.14 bits per heavy atom. The first kappa shape index (κ1) is 6.70. The summed E-state index contributed by atoms with van der Waals surface area (Å²) in [6.07, 6.45) is 4.26. The predicted molar refractivity (Wildman–Crippen MR) is 47.3 cm³/mol. The second kappa shape index (κ2) is 1.87. The van der Waals surface area contributed by atoms with Gasteiger partial charge in [0.05, 0.1) is 17.3 Å². The Morgan fingerprint density at radius 2 is 2.21 bits per heavy atom. The molecule has 0 saturated carbocycles. The molecule has 0 fully saturated rings. The lowest BCUT2D eigenvalue weighted by atomic mass is 10.2. The average Bonchev–Trinajstić information content (AvgIpc) is 2.77. The molecule has 68 valence electrons. The molecule has 2 aromatic rings. The van der Waals surface area contributed by atoms with Crippen molar-refractivity contribution in [3.63, 3.8) is 0 Å². The average molecular weight is 186 g/mol. The van der Waals surface area contributed by atoms with Gasteiger partial charge in [-0.05, 0) is 6.92 Å². The first-order valence-corrected chi connectivity index (χ1v) is 4.83. The molecule has 2 aliphatic heterocycles. The maximum atomic E-state index is 4.53. The van der Waals surface area contributed by atoms with Gasteiger partial charge in [-0.2, -0.15) is 9.78 Å². The van der Waals surface area contributed by atoms with Crippen molar-refractivity contribution in [2.24, 2.45) is 0 Å². The van der Waals surface area contributed by atoms with E-state index in [1.807, 2.05) is 0 Å². The largest absolute Gasteiger partial charge is 0.472 e. The second-order valence-electron chi connectivity index (χ2n) is 3.97. The van der Waals surface area contributed by atoms with Crippen molar-refractivity contribution in [1.29, 1.82) is 0 Å². The highest BCUT2D eigenvalue weighted by Gasteiger charge is 2.46. The molecule has 0 atom stereocenters. The van der Waals surface area contributed by atoms with Crippen LogP contribution in [-0.4, -0.2) is 9.78 Å². The molecule has 0 amide bonds. The number of nitrogens with zero attached hydrogens (tertiary/aromatic N) is 4. The second-order valence-corrected chi connectivity index (χ2v) is 3.97. The first-order valence-electron chi connectivity index (χ1n) is 4.83. The Kier molecular flexibility index (Phi) is 0.895. The van der Waals surface area contributed by atoms with E-state index in [-0.39, 0.29) is 0 Å². The van der Waals surface area contributed by atoms with Gasteiger partial charge in [-0.25, -0.2) is 0 Å². The summed E-state index contributed by atoms with van der Waals surface area (Å²) in [5.74, 6) is 1.31. The maximum absolute atomic E-state index is 4.53. The van der Waals surface area contributed by atoms with E-state index in [1.165, 1.54) is 22.8 Å². The highest BCUT2D eigenvalue weighted by atomic mass is 15.4. The van der Waals surface area contributed by atoms with E-state index in [9.17, 15) is 0 Å². The summed E-state index contributed by atoms with van der Waals surface area (Å²) in [5.41, 5.74) is 3.89. The summed E-state index contributed by atoms with van der Waals surface area (Å²) in [7, 11) is 0. The number of hydrogen-bond acceptors (Lipinski definition) is 1. The number of hydrogen-bond donors (Lipinski definition) is 0. The Morgan fingerprint density at radius 1 is 1.36 bits per heavy atom. The van der Waals surface area contributed by atoms with Gasteiger partial charge in [0.25, 0.3) is 0 Å². The lowest BCUT2D eigenvalue weighted by Gasteiger charge is -1.88. The van der Waals surface area contributed by atoms with Crippen LogP contribution in [0, 0.1) is 6.92 Å². The van der Waals surface area contributed by atoms with E-state index < -0.39 is 0 Å². The number of rotatable bonds is 0. The van der Waals surface area contributed by atoms with Gasteiger partial charge in [0.15, 0.2) is 18.9 Å². The van der Waals surface area contributed by atoms with E-state index >= 15 is 0 Å². The molecule has 0 bridgehead atoms. The van der Waals surface area contributed by atoms with Crippen LogP contribution >= 0.6 is 0 Å². The minimum absolute atomic E-state index is 0.867. The zero-order chi connectivity index (χ0) is 9.28. The van der Waals surface area contributed by atoms with Crippen molar-refractivity contribution in [2.45, 2.75) is 20.1 Å². The van der Waals surface area contributed by atoms with E-state index in [0.29, 0.717) is 0 Å². The SMILES string of the molecule is Cc1nn2c3c1C[n+]1ccc[n+](c1-3)C2. The fourth-order valence-corrected chi connectivity index (χ4v) is 2.54. The monoisotopic (exact) mass is 186 g/mol. The summed E-state index contributed by atoms with van der Waals surface area (Å²) in [6, 6.07) is 2.09. The van der Waals surface area contributed by atoms with Crippen molar-refractivity contribution in [1.82, 2.24) is 9.78 Å². The highest BCUT2D eigenvalue weighted by molar-refractivity contribution is 5.55. The molecular weight excluding hydrogens is 176 g/mol. The van der Waals surface area contributed by atoms with Crippen molar-refractivity contribution in [3.05, 3.63) is 29.7 Å². The molecule has 2 aromatic heterocycles. The summed E-state index contributed by atoms with van der Waals surface area (Å²) in [5, 5.41) is 4.53. The molecule has 0 N–H and O–H groups in total. The van der Waals surface area contributed by atoms with Crippen molar-refractivity contribution in [2.75, 3.05) is 0 Å². The molecule has 14 heavy (non-hydrogen) atoms. The smallest absolute Gasteiger partial charge is 0.190 e. The van der Waals surface area contributed by atoms with Gasteiger partial charge in [0.1, 0.15) is 0 Å². The first-order chi connectivity index (χ1) is 6.84. The van der Waals surface area contributed by atoms with E-state index in [4.69, 9.17) is 0 Å². The molecule has 0 aromatic carbocycles. The Hall–Kier alpha value is -1.71. The summed E-state index contributed by atoms with van der Waals surface area (Å²) in [4.78, 5) is 0. The fraction of sp³-hybridized carbons (Fsp3) is 0.300. The topological polar surface area (TPSA) is 25.6 Å². The summed E-state index contributed by atoms with van der Waals surface area (Å²) < 4.78 is 6.64. The molecule has 0 spiro atoms. The van der Waals surface area contributed by atoms with Crippen LogP contribution in [0.2, 0.25) is 0 Å².